The first kappa shape index (κ1) is 13.5. The second-order valence-electron chi connectivity index (χ2n) is 5.38. The summed E-state index contributed by atoms with van der Waals surface area (Å²) in [5, 5.41) is 6.26. The minimum absolute atomic E-state index is 0.271. The van der Waals surface area contributed by atoms with Crippen LogP contribution < -0.4 is 15.8 Å². The summed E-state index contributed by atoms with van der Waals surface area (Å²) in [4.78, 5) is 15.5. The molecule has 1 saturated heterocycles. The Labute approximate surface area is 132 Å². The van der Waals surface area contributed by atoms with Gasteiger partial charge in [-0.05, 0) is 29.6 Å². The van der Waals surface area contributed by atoms with Gasteiger partial charge in [0.25, 0.3) is 0 Å². The third-order valence-corrected chi connectivity index (χ3v) is 4.89. The number of anilines is 1. The molecule has 22 heavy (non-hydrogen) atoms. The summed E-state index contributed by atoms with van der Waals surface area (Å²) in [6, 6.07) is 11.9. The first-order valence-corrected chi connectivity index (χ1v) is 8.27. The van der Waals surface area contributed by atoms with Gasteiger partial charge in [-0.2, -0.15) is 0 Å². The molecule has 112 valence electrons. The van der Waals surface area contributed by atoms with Crippen LogP contribution >= 0.6 is 11.3 Å². The van der Waals surface area contributed by atoms with Crippen LogP contribution in [-0.2, 0) is 0 Å². The summed E-state index contributed by atoms with van der Waals surface area (Å²) in [5.41, 5.74) is 2.13. The van der Waals surface area contributed by atoms with Gasteiger partial charge in [0, 0.05) is 48.2 Å². The lowest BCUT2D eigenvalue weighted by molar-refractivity contribution is 0.562. The Morgan fingerprint density at radius 1 is 1.14 bits per heavy atom. The van der Waals surface area contributed by atoms with Gasteiger partial charge in [0.1, 0.15) is 5.58 Å². The number of hydrogen-bond donors (Lipinski definition) is 1. The molecule has 0 saturated carbocycles. The lowest BCUT2D eigenvalue weighted by Crippen LogP contribution is -2.43. The van der Waals surface area contributed by atoms with Crippen molar-refractivity contribution in [3.8, 4) is 10.4 Å². The molecule has 0 amide bonds. The van der Waals surface area contributed by atoms with Gasteiger partial charge < -0.3 is 14.6 Å². The molecular weight excluding hydrogens is 296 g/mol. The summed E-state index contributed by atoms with van der Waals surface area (Å²) >= 11 is 1.55. The van der Waals surface area contributed by atoms with Crippen LogP contribution in [0.2, 0.25) is 0 Å². The van der Waals surface area contributed by atoms with Gasteiger partial charge in [-0.1, -0.05) is 6.07 Å². The third-order valence-electron chi connectivity index (χ3n) is 3.99. The Morgan fingerprint density at radius 3 is 2.77 bits per heavy atom. The van der Waals surface area contributed by atoms with Crippen molar-refractivity contribution in [3.05, 3.63) is 52.2 Å². The van der Waals surface area contributed by atoms with Crippen molar-refractivity contribution in [2.45, 2.75) is 0 Å². The molecular formula is C17H16N2O2S. The number of hydrogen-bond acceptors (Lipinski definition) is 5. The highest BCUT2D eigenvalue weighted by molar-refractivity contribution is 7.13. The van der Waals surface area contributed by atoms with Crippen molar-refractivity contribution in [2.75, 3.05) is 31.1 Å². The highest BCUT2D eigenvalue weighted by Gasteiger charge is 2.13. The fourth-order valence-electron chi connectivity index (χ4n) is 2.82. The van der Waals surface area contributed by atoms with Crippen LogP contribution in [-0.4, -0.2) is 26.2 Å². The summed E-state index contributed by atoms with van der Waals surface area (Å²) in [6.07, 6.45) is 0. The maximum atomic E-state index is 12.2. The van der Waals surface area contributed by atoms with Crippen molar-refractivity contribution in [3.63, 3.8) is 0 Å². The molecule has 1 fully saturated rings. The molecule has 4 rings (SSSR count). The van der Waals surface area contributed by atoms with Crippen molar-refractivity contribution < 1.29 is 4.42 Å². The van der Waals surface area contributed by atoms with E-state index in [2.05, 4.69) is 16.3 Å². The summed E-state index contributed by atoms with van der Waals surface area (Å²) in [5.74, 6) is 0. The zero-order chi connectivity index (χ0) is 14.9. The van der Waals surface area contributed by atoms with Crippen LogP contribution in [0.1, 0.15) is 0 Å². The number of nitrogens with one attached hydrogen (secondary N) is 1. The highest BCUT2D eigenvalue weighted by atomic mass is 32.1. The van der Waals surface area contributed by atoms with Crippen molar-refractivity contribution in [2.24, 2.45) is 0 Å². The second-order valence-corrected chi connectivity index (χ2v) is 6.33. The average Bonchev–Trinajstić information content (AvgIpc) is 3.09. The van der Waals surface area contributed by atoms with Crippen LogP contribution in [0, 0.1) is 0 Å². The standard InChI is InChI=1S/C17H16N2O2S/c20-17-14(16-2-1-9-22-16)10-12-3-4-13(11-15(12)21-17)19-7-5-18-6-8-19/h1-4,9-11,18H,5-8H2. The SMILES string of the molecule is O=c1oc2cc(N3CCNCC3)ccc2cc1-c1cccs1. The highest BCUT2D eigenvalue weighted by Crippen LogP contribution is 2.27. The summed E-state index contributed by atoms with van der Waals surface area (Å²) in [6.45, 7) is 3.92. The number of piperazine rings is 1. The predicted molar refractivity (Wildman–Crippen MR) is 90.9 cm³/mol. The quantitative estimate of drug-likeness (QED) is 0.739. The van der Waals surface area contributed by atoms with Crippen molar-refractivity contribution in [1.82, 2.24) is 5.32 Å². The maximum absolute atomic E-state index is 12.2. The molecule has 1 aliphatic heterocycles. The number of thiophene rings is 1. The minimum atomic E-state index is -0.271. The van der Waals surface area contributed by atoms with E-state index in [0.29, 0.717) is 11.1 Å². The summed E-state index contributed by atoms with van der Waals surface area (Å²) < 4.78 is 5.56. The predicted octanol–water partition coefficient (Wildman–Crippen LogP) is 2.93. The second kappa shape index (κ2) is 5.59. The van der Waals surface area contributed by atoms with Crippen molar-refractivity contribution in [1.29, 1.82) is 0 Å². The lowest BCUT2D eigenvalue weighted by atomic mass is 10.1. The Kier molecular flexibility index (Phi) is 3.44. The van der Waals surface area contributed by atoms with Crippen LogP contribution in [0.4, 0.5) is 5.69 Å². The first-order valence-electron chi connectivity index (χ1n) is 7.39. The van der Waals surface area contributed by atoms with Gasteiger partial charge in [-0.25, -0.2) is 4.79 Å². The number of rotatable bonds is 2. The number of benzene rings is 1. The van der Waals surface area contributed by atoms with E-state index in [1.807, 2.05) is 35.7 Å². The van der Waals surface area contributed by atoms with E-state index in [4.69, 9.17) is 4.42 Å². The first-order chi connectivity index (χ1) is 10.8. The van der Waals surface area contributed by atoms with Crippen molar-refractivity contribution >= 4 is 28.0 Å². The molecule has 1 aliphatic rings. The van der Waals surface area contributed by atoms with E-state index >= 15 is 0 Å². The molecule has 0 aliphatic carbocycles. The Bertz CT molecular complexity index is 849. The number of nitrogens with zero attached hydrogens (tertiary/aromatic N) is 1. The molecule has 5 heteroatoms. The molecule has 0 bridgehead atoms. The summed E-state index contributed by atoms with van der Waals surface area (Å²) in [7, 11) is 0. The smallest absolute Gasteiger partial charge is 0.345 e. The van der Waals surface area contributed by atoms with E-state index in [1.165, 1.54) is 0 Å². The van der Waals surface area contributed by atoms with E-state index in [9.17, 15) is 4.79 Å². The maximum Gasteiger partial charge on any atom is 0.345 e. The number of fused-ring (bicyclic) bond motifs is 1. The van der Waals surface area contributed by atoms with E-state index in [-0.39, 0.29) is 5.63 Å². The van der Waals surface area contributed by atoms with Gasteiger partial charge in [0.2, 0.25) is 0 Å². The van der Waals surface area contributed by atoms with Gasteiger partial charge in [-0.3, -0.25) is 0 Å². The van der Waals surface area contributed by atoms with E-state index in [0.717, 1.165) is 42.1 Å². The fourth-order valence-corrected chi connectivity index (χ4v) is 3.55. The molecule has 1 aromatic carbocycles. The zero-order valence-electron chi connectivity index (χ0n) is 12.0. The molecule has 0 unspecified atom stereocenters. The van der Waals surface area contributed by atoms with Gasteiger partial charge in [-0.15, -0.1) is 11.3 Å². The average molecular weight is 312 g/mol. The molecule has 3 heterocycles. The molecule has 4 nitrogen and oxygen atoms in total. The van der Waals surface area contributed by atoms with Crippen LogP contribution in [0.25, 0.3) is 21.4 Å². The molecule has 0 spiro atoms. The largest absolute Gasteiger partial charge is 0.422 e. The van der Waals surface area contributed by atoms with E-state index < -0.39 is 0 Å². The molecule has 1 N–H and O–H groups in total. The third kappa shape index (κ3) is 2.42. The topological polar surface area (TPSA) is 45.5 Å². The molecule has 0 radical (unpaired) electrons. The Balaban J connectivity index is 1.78. The fraction of sp³-hybridized carbons (Fsp3) is 0.235. The van der Waals surface area contributed by atoms with Crippen LogP contribution in [0.15, 0.2) is 51.0 Å². The monoisotopic (exact) mass is 312 g/mol. The van der Waals surface area contributed by atoms with Gasteiger partial charge >= 0.3 is 5.63 Å². The van der Waals surface area contributed by atoms with Gasteiger partial charge in [0.15, 0.2) is 0 Å². The Hall–Kier alpha value is -2.11. The van der Waals surface area contributed by atoms with Gasteiger partial charge in [0.05, 0.1) is 5.56 Å². The van der Waals surface area contributed by atoms with E-state index in [1.54, 1.807) is 11.3 Å². The Morgan fingerprint density at radius 2 is 2.00 bits per heavy atom. The van der Waals surface area contributed by atoms with Crippen LogP contribution in [0.3, 0.4) is 0 Å². The normalized spacial score (nSPS) is 15.4. The molecule has 2 aromatic heterocycles. The zero-order valence-corrected chi connectivity index (χ0v) is 12.9. The minimum Gasteiger partial charge on any atom is -0.422 e. The molecule has 0 atom stereocenters. The van der Waals surface area contributed by atoms with Crippen LogP contribution in [0.5, 0.6) is 0 Å². The lowest BCUT2D eigenvalue weighted by Gasteiger charge is -2.29. The molecule has 3 aromatic rings.